The third-order valence-electron chi connectivity index (χ3n) is 5.56. The molecule has 8 heteroatoms. The molecule has 2 N–H and O–H groups in total. The molecule has 2 heterocycles. The van der Waals surface area contributed by atoms with E-state index in [0.29, 0.717) is 6.54 Å². The highest BCUT2D eigenvalue weighted by Crippen LogP contribution is 2.09. The number of aromatic nitrogens is 3. The summed E-state index contributed by atoms with van der Waals surface area (Å²) in [6.07, 6.45) is 9.31. The standard InChI is InChI=1S/C23H37N7.HI/c1-2-22-28-27-20-30(22)18-14-25-23(26-19-21-11-6-5-7-12-21)24-13-10-17-29-15-8-3-4-9-16-29;/h5-7,11-12,20H,2-4,8-10,13-19H2,1H3,(H2,24,25,26);1H. The fourth-order valence-electron chi connectivity index (χ4n) is 3.83. The summed E-state index contributed by atoms with van der Waals surface area (Å²) < 4.78 is 2.10. The molecule has 3 rings (SSSR count). The van der Waals surface area contributed by atoms with E-state index in [1.54, 1.807) is 6.33 Å². The number of aryl methyl sites for hydroxylation is 1. The van der Waals surface area contributed by atoms with Crippen molar-refractivity contribution in [2.75, 3.05) is 32.7 Å². The summed E-state index contributed by atoms with van der Waals surface area (Å²) in [7, 11) is 0. The minimum absolute atomic E-state index is 0. The van der Waals surface area contributed by atoms with Crippen molar-refractivity contribution in [2.24, 2.45) is 4.99 Å². The smallest absolute Gasteiger partial charge is 0.191 e. The van der Waals surface area contributed by atoms with Crippen LogP contribution >= 0.6 is 24.0 Å². The maximum absolute atomic E-state index is 4.80. The van der Waals surface area contributed by atoms with Crippen LogP contribution in [0.4, 0.5) is 0 Å². The molecule has 31 heavy (non-hydrogen) atoms. The maximum atomic E-state index is 4.80. The Kier molecular flexibility index (Phi) is 12.5. The summed E-state index contributed by atoms with van der Waals surface area (Å²) in [6.45, 7) is 9.01. The van der Waals surface area contributed by atoms with Crippen molar-refractivity contribution in [3.63, 3.8) is 0 Å². The van der Waals surface area contributed by atoms with Crippen molar-refractivity contribution in [3.8, 4) is 0 Å². The lowest BCUT2D eigenvalue weighted by Gasteiger charge is -2.20. The SMILES string of the molecule is CCc1nncn1CCNC(=NCc1ccccc1)NCCCN1CCCCCC1.I. The van der Waals surface area contributed by atoms with Crippen LogP contribution in [0.1, 0.15) is 50.4 Å². The van der Waals surface area contributed by atoms with Crippen molar-refractivity contribution >= 4 is 29.9 Å². The summed E-state index contributed by atoms with van der Waals surface area (Å²) in [6, 6.07) is 10.4. The molecule has 7 nitrogen and oxygen atoms in total. The fourth-order valence-corrected chi connectivity index (χ4v) is 3.83. The van der Waals surface area contributed by atoms with Crippen LogP contribution < -0.4 is 10.6 Å². The van der Waals surface area contributed by atoms with E-state index >= 15 is 0 Å². The molecule has 172 valence electrons. The van der Waals surface area contributed by atoms with Gasteiger partial charge in [-0.25, -0.2) is 4.99 Å². The van der Waals surface area contributed by atoms with E-state index in [1.165, 1.54) is 50.9 Å². The molecule has 1 aliphatic rings. The van der Waals surface area contributed by atoms with Gasteiger partial charge in [-0.15, -0.1) is 34.2 Å². The molecule has 1 saturated heterocycles. The minimum atomic E-state index is 0. The molecular weight excluding hydrogens is 501 g/mol. The first kappa shape index (κ1) is 25.6. The van der Waals surface area contributed by atoms with Gasteiger partial charge >= 0.3 is 0 Å². The van der Waals surface area contributed by atoms with Gasteiger partial charge in [0, 0.05) is 26.1 Å². The maximum Gasteiger partial charge on any atom is 0.191 e. The van der Waals surface area contributed by atoms with E-state index in [2.05, 4.69) is 61.5 Å². The predicted molar refractivity (Wildman–Crippen MR) is 138 cm³/mol. The Labute approximate surface area is 204 Å². The number of benzene rings is 1. The quantitative estimate of drug-likeness (QED) is 0.210. The molecule has 0 aliphatic carbocycles. The van der Waals surface area contributed by atoms with Crippen molar-refractivity contribution in [3.05, 3.63) is 48.0 Å². The van der Waals surface area contributed by atoms with E-state index in [9.17, 15) is 0 Å². The highest BCUT2D eigenvalue weighted by Gasteiger charge is 2.08. The van der Waals surface area contributed by atoms with Gasteiger partial charge < -0.3 is 20.1 Å². The second-order valence-corrected chi connectivity index (χ2v) is 7.91. The molecule has 1 aliphatic heterocycles. The molecular formula is C23H38IN7. The summed E-state index contributed by atoms with van der Waals surface area (Å²) in [5.41, 5.74) is 1.22. The second-order valence-electron chi connectivity index (χ2n) is 7.91. The van der Waals surface area contributed by atoms with Gasteiger partial charge in [-0.1, -0.05) is 50.1 Å². The van der Waals surface area contributed by atoms with Crippen molar-refractivity contribution in [2.45, 2.75) is 58.5 Å². The van der Waals surface area contributed by atoms with Crippen LogP contribution in [-0.2, 0) is 19.5 Å². The third kappa shape index (κ3) is 9.55. The fraction of sp³-hybridized carbons (Fsp3) is 0.609. The van der Waals surface area contributed by atoms with Crippen LogP contribution in [0, 0.1) is 0 Å². The molecule has 0 atom stereocenters. The lowest BCUT2D eigenvalue weighted by Crippen LogP contribution is -2.40. The van der Waals surface area contributed by atoms with Crippen LogP contribution in [0.5, 0.6) is 0 Å². The predicted octanol–water partition coefficient (Wildman–Crippen LogP) is 3.46. The van der Waals surface area contributed by atoms with Gasteiger partial charge in [0.25, 0.3) is 0 Å². The van der Waals surface area contributed by atoms with Crippen LogP contribution in [0.25, 0.3) is 0 Å². The van der Waals surface area contributed by atoms with Crippen LogP contribution in [0.2, 0.25) is 0 Å². The molecule has 0 saturated carbocycles. The number of halogens is 1. The molecule has 0 bridgehead atoms. The summed E-state index contributed by atoms with van der Waals surface area (Å²) in [4.78, 5) is 7.41. The molecule has 0 amide bonds. The van der Waals surface area contributed by atoms with E-state index in [4.69, 9.17) is 4.99 Å². The first-order valence-corrected chi connectivity index (χ1v) is 11.5. The Balaban J connectivity index is 0.00000341. The lowest BCUT2D eigenvalue weighted by atomic mass is 10.2. The zero-order chi connectivity index (χ0) is 20.9. The third-order valence-corrected chi connectivity index (χ3v) is 5.56. The van der Waals surface area contributed by atoms with Gasteiger partial charge in [0.1, 0.15) is 12.2 Å². The zero-order valence-electron chi connectivity index (χ0n) is 18.8. The molecule has 1 aromatic heterocycles. The van der Waals surface area contributed by atoms with Crippen LogP contribution in [0.3, 0.4) is 0 Å². The normalized spacial score (nSPS) is 15.2. The average Bonchev–Trinajstić information content (AvgIpc) is 3.08. The molecule has 1 fully saturated rings. The molecule has 0 unspecified atom stereocenters. The van der Waals surface area contributed by atoms with Crippen molar-refractivity contribution in [1.29, 1.82) is 0 Å². The van der Waals surface area contributed by atoms with Crippen molar-refractivity contribution in [1.82, 2.24) is 30.3 Å². The van der Waals surface area contributed by atoms with Crippen LogP contribution in [-0.4, -0.2) is 58.3 Å². The Bertz CT molecular complexity index is 739. The number of rotatable bonds is 10. The Morgan fingerprint density at radius 3 is 2.48 bits per heavy atom. The Morgan fingerprint density at radius 1 is 1.00 bits per heavy atom. The van der Waals surface area contributed by atoms with E-state index in [-0.39, 0.29) is 24.0 Å². The van der Waals surface area contributed by atoms with Crippen LogP contribution in [0.15, 0.2) is 41.7 Å². The number of nitrogens with one attached hydrogen (secondary N) is 2. The number of guanidine groups is 1. The van der Waals surface area contributed by atoms with Gasteiger partial charge in [0.15, 0.2) is 5.96 Å². The van der Waals surface area contributed by atoms with Gasteiger partial charge in [0.05, 0.1) is 6.54 Å². The molecule has 0 spiro atoms. The van der Waals surface area contributed by atoms with Gasteiger partial charge in [-0.3, -0.25) is 0 Å². The Morgan fingerprint density at radius 2 is 1.74 bits per heavy atom. The van der Waals surface area contributed by atoms with Crippen molar-refractivity contribution < 1.29 is 0 Å². The van der Waals surface area contributed by atoms with E-state index < -0.39 is 0 Å². The highest BCUT2D eigenvalue weighted by molar-refractivity contribution is 14.0. The molecule has 0 radical (unpaired) electrons. The summed E-state index contributed by atoms with van der Waals surface area (Å²) in [5, 5.41) is 15.2. The molecule has 1 aromatic carbocycles. The monoisotopic (exact) mass is 539 g/mol. The lowest BCUT2D eigenvalue weighted by molar-refractivity contribution is 0.282. The van der Waals surface area contributed by atoms with E-state index in [1.807, 2.05) is 6.07 Å². The number of aliphatic imine (C=N–C) groups is 1. The minimum Gasteiger partial charge on any atom is -0.356 e. The topological polar surface area (TPSA) is 70.4 Å². The second kappa shape index (κ2) is 15.2. The number of hydrogen-bond acceptors (Lipinski definition) is 4. The number of likely N-dealkylation sites (tertiary alicyclic amines) is 1. The van der Waals surface area contributed by atoms with E-state index in [0.717, 1.165) is 44.3 Å². The summed E-state index contributed by atoms with van der Waals surface area (Å²) in [5.74, 6) is 1.89. The largest absolute Gasteiger partial charge is 0.356 e. The first-order chi connectivity index (χ1) is 14.8. The first-order valence-electron chi connectivity index (χ1n) is 11.5. The Hall–Kier alpha value is -1.68. The molecule has 2 aromatic rings. The average molecular weight is 540 g/mol. The number of hydrogen-bond donors (Lipinski definition) is 2. The van der Waals surface area contributed by atoms with Gasteiger partial charge in [0.2, 0.25) is 0 Å². The number of nitrogens with zero attached hydrogens (tertiary/aromatic N) is 5. The highest BCUT2D eigenvalue weighted by atomic mass is 127. The summed E-state index contributed by atoms with van der Waals surface area (Å²) >= 11 is 0. The van der Waals surface area contributed by atoms with Gasteiger partial charge in [-0.2, -0.15) is 0 Å². The zero-order valence-corrected chi connectivity index (χ0v) is 21.1. The van der Waals surface area contributed by atoms with Gasteiger partial charge in [-0.05, 0) is 44.5 Å².